The summed E-state index contributed by atoms with van der Waals surface area (Å²) in [6.45, 7) is 1.77. The highest BCUT2D eigenvalue weighted by Gasteiger charge is 2.21. The van der Waals surface area contributed by atoms with Gasteiger partial charge >= 0.3 is 5.63 Å². The van der Waals surface area contributed by atoms with Crippen molar-refractivity contribution in [3.8, 4) is 11.1 Å². The van der Waals surface area contributed by atoms with Crippen molar-refractivity contribution in [1.82, 2.24) is 0 Å². The molecule has 0 N–H and O–H groups in total. The maximum absolute atomic E-state index is 12.2. The molecule has 1 heterocycles. The summed E-state index contributed by atoms with van der Waals surface area (Å²) >= 11 is 0. The predicted molar refractivity (Wildman–Crippen MR) is 79.3 cm³/mol. The summed E-state index contributed by atoms with van der Waals surface area (Å²) in [4.78, 5) is 22.9. The van der Waals surface area contributed by atoms with Crippen LogP contribution in [-0.2, 0) is 0 Å². The molecule has 0 aliphatic rings. The van der Waals surface area contributed by atoms with Crippen LogP contribution in [0.25, 0.3) is 22.1 Å². The smallest absolute Gasteiger partial charge is 0.344 e. The number of hydrogen-bond acceptors (Lipinski definition) is 4. The van der Waals surface area contributed by atoms with Gasteiger partial charge in [-0.1, -0.05) is 30.3 Å². The van der Waals surface area contributed by atoms with E-state index in [4.69, 9.17) is 4.42 Å². The summed E-state index contributed by atoms with van der Waals surface area (Å²) < 4.78 is 5.28. The lowest BCUT2D eigenvalue weighted by molar-refractivity contribution is -0.384. The normalized spacial score (nSPS) is 10.7. The number of aryl methyl sites for hydroxylation is 1. The molecule has 0 spiro atoms. The summed E-state index contributed by atoms with van der Waals surface area (Å²) in [7, 11) is 0. The standard InChI is InChI=1S/C16H11NO4/c1-10-11-6-3-5-9-14(11)21-16(18)15(10)12-7-2-4-8-13(12)17(19)20/h2-9H,1H3. The van der Waals surface area contributed by atoms with Crippen LogP contribution in [-0.4, -0.2) is 4.92 Å². The highest BCUT2D eigenvalue weighted by molar-refractivity contribution is 5.88. The van der Waals surface area contributed by atoms with Gasteiger partial charge in [0.2, 0.25) is 0 Å². The van der Waals surface area contributed by atoms with Crippen LogP contribution in [0.3, 0.4) is 0 Å². The first-order valence-corrected chi connectivity index (χ1v) is 6.36. The van der Waals surface area contributed by atoms with Crippen molar-refractivity contribution in [2.75, 3.05) is 0 Å². The Kier molecular flexibility index (Phi) is 3.02. The molecule has 5 heteroatoms. The van der Waals surface area contributed by atoms with Gasteiger partial charge in [-0.15, -0.1) is 0 Å². The number of rotatable bonds is 2. The summed E-state index contributed by atoms with van der Waals surface area (Å²) in [5, 5.41) is 11.9. The highest BCUT2D eigenvalue weighted by Crippen LogP contribution is 2.32. The number of benzene rings is 2. The maximum atomic E-state index is 12.2. The Hall–Kier alpha value is -2.95. The molecule has 0 atom stereocenters. The van der Waals surface area contributed by atoms with Gasteiger partial charge in [0.25, 0.3) is 5.69 Å². The van der Waals surface area contributed by atoms with Gasteiger partial charge in [-0.05, 0) is 24.6 Å². The molecule has 5 nitrogen and oxygen atoms in total. The van der Waals surface area contributed by atoms with Crippen molar-refractivity contribution < 1.29 is 9.34 Å². The van der Waals surface area contributed by atoms with Gasteiger partial charge in [-0.2, -0.15) is 0 Å². The minimum atomic E-state index is -0.569. The molecule has 0 bridgehead atoms. The molecular weight excluding hydrogens is 270 g/mol. The van der Waals surface area contributed by atoms with Crippen molar-refractivity contribution in [3.05, 3.63) is 74.6 Å². The number of nitrogens with zero attached hydrogens (tertiary/aromatic N) is 1. The minimum absolute atomic E-state index is 0.108. The monoisotopic (exact) mass is 281 g/mol. The first kappa shape index (κ1) is 13.1. The largest absolute Gasteiger partial charge is 0.422 e. The third-order valence-corrected chi connectivity index (χ3v) is 3.44. The fraction of sp³-hybridized carbons (Fsp3) is 0.0625. The summed E-state index contributed by atoms with van der Waals surface area (Å²) in [5.41, 5.74) is 0.989. The van der Waals surface area contributed by atoms with E-state index in [-0.39, 0.29) is 16.8 Å². The van der Waals surface area contributed by atoms with E-state index in [2.05, 4.69) is 0 Å². The van der Waals surface area contributed by atoms with Crippen molar-refractivity contribution in [1.29, 1.82) is 0 Å². The van der Waals surface area contributed by atoms with Crippen LogP contribution in [0.4, 0.5) is 5.69 Å². The zero-order valence-corrected chi connectivity index (χ0v) is 11.2. The second kappa shape index (κ2) is 4.86. The second-order valence-corrected chi connectivity index (χ2v) is 4.66. The lowest BCUT2D eigenvalue weighted by Gasteiger charge is -2.08. The molecule has 0 fully saturated rings. The quantitative estimate of drug-likeness (QED) is 0.408. The number of nitro benzene ring substituents is 1. The van der Waals surface area contributed by atoms with Crippen LogP contribution in [0, 0.1) is 17.0 Å². The Balaban J connectivity index is 2.41. The van der Waals surface area contributed by atoms with Gasteiger partial charge < -0.3 is 4.42 Å². The number of fused-ring (bicyclic) bond motifs is 1. The Morgan fingerprint density at radius 1 is 1.05 bits per heavy atom. The van der Waals surface area contributed by atoms with Gasteiger partial charge in [-0.3, -0.25) is 10.1 Å². The Morgan fingerprint density at radius 3 is 2.48 bits per heavy atom. The molecule has 0 saturated carbocycles. The zero-order chi connectivity index (χ0) is 15.0. The van der Waals surface area contributed by atoms with Gasteiger partial charge in [0.05, 0.1) is 16.1 Å². The molecule has 0 saturated heterocycles. The Labute approximate surface area is 119 Å². The number of nitro groups is 1. The molecule has 21 heavy (non-hydrogen) atoms. The molecule has 104 valence electrons. The van der Waals surface area contributed by atoms with Crippen LogP contribution in [0.2, 0.25) is 0 Å². The average Bonchev–Trinajstić information content (AvgIpc) is 2.47. The molecule has 0 amide bonds. The van der Waals surface area contributed by atoms with Gasteiger partial charge in [0, 0.05) is 11.5 Å². The first-order valence-electron chi connectivity index (χ1n) is 6.36. The van der Waals surface area contributed by atoms with E-state index >= 15 is 0 Å². The van der Waals surface area contributed by atoms with Crippen molar-refractivity contribution in [3.63, 3.8) is 0 Å². The molecule has 0 unspecified atom stereocenters. The topological polar surface area (TPSA) is 73.3 Å². The first-order chi connectivity index (χ1) is 10.1. The van der Waals surface area contributed by atoms with Crippen LogP contribution < -0.4 is 5.63 Å². The Bertz CT molecular complexity index is 912. The lowest BCUT2D eigenvalue weighted by Crippen LogP contribution is -2.07. The van der Waals surface area contributed by atoms with E-state index in [0.29, 0.717) is 11.1 Å². The molecule has 0 radical (unpaired) electrons. The molecular formula is C16H11NO4. The Morgan fingerprint density at radius 2 is 1.71 bits per heavy atom. The van der Waals surface area contributed by atoms with Crippen molar-refractivity contribution in [2.24, 2.45) is 0 Å². The second-order valence-electron chi connectivity index (χ2n) is 4.66. The van der Waals surface area contributed by atoms with E-state index < -0.39 is 10.5 Å². The molecule has 2 aromatic carbocycles. The average molecular weight is 281 g/mol. The molecule has 0 aliphatic heterocycles. The van der Waals surface area contributed by atoms with Crippen molar-refractivity contribution in [2.45, 2.75) is 6.92 Å². The zero-order valence-electron chi connectivity index (χ0n) is 11.2. The molecule has 1 aromatic heterocycles. The SMILES string of the molecule is Cc1c(-c2ccccc2[N+](=O)[O-])c(=O)oc2ccccc12. The third kappa shape index (κ3) is 2.08. The van der Waals surface area contributed by atoms with E-state index in [1.165, 1.54) is 6.07 Å². The van der Waals surface area contributed by atoms with Crippen molar-refractivity contribution >= 4 is 16.7 Å². The van der Waals surface area contributed by atoms with Crippen LogP contribution >= 0.6 is 0 Å². The lowest BCUT2D eigenvalue weighted by atomic mass is 9.98. The van der Waals surface area contributed by atoms with E-state index in [9.17, 15) is 14.9 Å². The molecule has 3 aromatic rings. The van der Waals surface area contributed by atoms with E-state index in [1.54, 1.807) is 37.3 Å². The minimum Gasteiger partial charge on any atom is -0.422 e. The van der Waals surface area contributed by atoms with E-state index in [1.807, 2.05) is 12.1 Å². The highest BCUT2D eigenvalue weighted by atomic mass is 16.6. The van der Waals surface area contributed by atoms with Gasteiger partial charge in [0.1, 0.15) is 5.58 Å². The summed E-state index contributed by atoms with van der Waals surface area (Å²) in [6.07, 6.45) is 0. The van der Waals surface area contributed by atoms with Crippen LogP contribution in [0.1, 0.15) is 5.56 Å². The van der Waals surface area contributed by atoms with E-state index in [0.717, 1.165) is 5.39 Å². The van der Waals surface area contributed by atoms with Crippen LogP contribution in [0.5, 0.6) is 0 Å². The van der Waals surface area contributed by atoms with Gasteiger partial charge in [-0.25, -0.2) is 4.79 Å². The third-order valence-electron chi connectivity index (χ3n) is 3.44. The molecule has 3 rings (SSSR count). The maximum Gasteiger partial charge on any atom is 0.344 e. The summed E-state index contributed by atoms with van der Waals surface area (Å²) in [6, 6.07) is 13.3. The fourth-order valence-electron chi connectivity index (χ4n) is 2.46. The van der Waals surface area contributed by atoms with Crippen LogP contribution in [0.15, 0.2) is 57.7 Å². The van der Waals surface area contributed by atoms with Gasteiger partial charge in [0.15, 0.2) is 0 Å². The summed E-state index contributed by atoms with van der Waals surface area (Å²) in [5.74, 6) is 0. The fourth-order valence-corrected chi connectivity index (χ4v) is 2.46. The number of para-hydroxylation sites is 2. The molecule has 0 aliphatic carbocycles. The number of hydrogen-bond donors (Lipinski definition) is 0. The predicted octanol–water partition coefficient (Wildman–Crippen LogP) is 3.68.